The molecule has 0 aliphatic carbocycles. The molecule has 0 N–H and O–H groups in total. The van der Waals surface area contributed by atoms with Crippen LogP contribution in [-0.4, -0.2) is 4.98 Å². The molecule has 0 fully saturated rings. The zero-order valence-corrected chi connectivity index (χ0v) is 11.8. The molecule has 16 heavy (non-hydrogen) atoms. The van der Waals surface area contributed by atoms with E-state index >= 15 is 0 Å². The minimum atomic E-state index is 0.315. The molecule has 0 aliphatic heterocycles. The van der Waals surface area contributed by atoms with Crippen molar-refractivity contribution in [3.63, 3.8) is 0 Å². The minimum absolute atomic E-state index is 0.315. The van der Waals surface area contributed by atoms with E-state index in [0.717, 1.165) is 10.9 Å². The number of nitrogens with zero attached hydrogens (tertiary/aromatic N) is 1. The Balaban J connectivity index is 2.11. The monoisotopic (exact) mass is 339 g/mol. The summed E-state index contributed by atoms with van der Waals surface area (Å²) < 4.78 is 1.12. The molecule has 2 aromatic rings. The number of hydrogen-bond donors (Lipinski definition) is 0. The Morgan fingerprint density at radius 2 is 2.06 bits per heavy atom. The minimum Gasteiger partial charge on any atom is -0.264 e. The second-order valence-corrected chi connectivity index (χ2v) is 5.61. The van der Waals surface area contributed by atoms with E-state index in [1.54, 1.807) is 6.20 Å². The van der Waals surface area contributed by atoms with Crippen molar-refractivity contribution in [3.8, 4) is 0 Å². The van der Waals surface area contributed by atoms with Crippen LogP contribution < -0.4 is 0 Å². The Labute approximate surface area is 112 Å². The molecule has 0 amide bonds. The second kappa shape index (κ2) is 5.60. The van der Waals surface area contributed by atoms with Gasteiger partial charge < -0.3 is 0 Å². The third-order valence-electron chi connectivity index (χ3n) is 2.35. The molecule has 0 radical (unpaired) electrons. The van der Waals surface area contributed by atoms with Gasteiger partial charge in [-0.15, -0.1) is 0 Å². The second-order valence-electron chi connectivity index (χ2n) is 3.59. The molecule has 1 nitrogen and oxygen atoms in total. The number of hydrogen-bond acceptors (Lipinski definition) is 1. The summed E-state index contributed by atoms with van der Waals surface area (Å²) in [7, 11) is 0. The topological polar surface area (TPSA) is 12.9 Å². The first-order valence-electron chi connectivity index (χ1n) is 5.04. The normalized spacial score (nSPS) is 12.4. The van der Waals surface area contributed by atoms with Gasteiger partial charge in [-0.25, -0.2) is 0 Å². The van der Waals surface area contributed by atoms with Gasteiger partial charge in [-0.1, -0.05) is 50.1 Å². The molecule has 82 valence electrons. The molecule has 0 aliphatic rings. The summed E-state index contributed by atoms with van der Waals surface area (Å²) in [5.41, 5.74) is 2.52. The van der Waals surface area contributed by atoms with Gasteiger partial charge in [0.2, 0.25) is 0 Å². The van der Waals surface area contributed by atoms with E-state index in [2.05, 4.69) is 61.1 Å². The molecule has 0 spiro atoms. The van der Waals surface area contributed by atoms with Crippen LogP contribution in [0.5, 0.6) is 0 Å². The maximum atomic E-state index is 4.13. The fourth-order valence-electron chi connectivity index (χ4n) is 1.55. The fraction of sp³-hybridized carbons (Fsp3) is 0.154. The number of benzene rings is 1. The SMILES string of the molecule is Brc1cccc(CC(Br)c2cccnc2)c1. The van der Waals surface area contributed by atoms with Crippen molar-refractivity contribution in [1.82, 2.24) is 4.98 Å². The summed E-state index contributed by atoms with van der Waals surface area (Å²) in [6.45, 7) is 0. The van der Waals surface area contributed by atoms with Crippen LogP contribution in [0.2, 0.25) is 0 Å². The van der Waals surface area contributed by atoms with Gasteiger partial charge in [0.1, 0.15) is 0 Å². The summed E-state index contributed by atoms with van der Waals surface area (Å²) in [5, 5.41) is 0. The first kappa shape index (κ1) is 11.8. The summed E-state index contributed by atoms with van der Waals surface area (Å²) in [6, 6.07) is 12.4. The average Bonchev–Trinajstić information content (AvgIpc) is 2.30. The predicted molar refractivity (Wildman–Crippen MR) is 73.8 cm³/mol. The highest BCUT2D eigenvalue weighted by atomic mass is 79.9. The Morgan fingerprint density at radius 3 is 2.75 bits per heavy atom. The standard InChI is InChI=1S/C13H11Br2N/c14-12-5-1-3-10(7-12)8-13(15)11-4-2-6-16-9-11/h1-7,9,13H,8H2. The molecular weight excluding hydrogens is 330 g/mol. The van der Waals surface area contributed by atoms with Gasteiger partial charge in [0.05, 0.1) is 0 Å². The zero-order chi connectivity index (χ0) is 11.4. The highest BCUT2D eigenvalue weighted by Gasteiger charge is 2.08. The van der Waals surface area contributed by atoms with Gasteiger partial charge in [-0.2, -0.15) is 0 Å². The maximum absolute atomic E-state index is 4.13. The van der Waals surface area contributed by atoms with Crippen molar-refractivity contribution in [3.05, 3.63) is 64.4 Å². The molecule has 1 unspecified atom stereocenters. The van der Waals surface area contributed by atoms with Crippen LogP contribution in [-0.2, 0) is 6.42 Å². The summed E-state index contributed by atoms with van der Waals surface area (Å²) in [4.78, 5) is 4.44. The third kappa shape index (κ3) is 3.16. The lowest BCUT2D eigenvalue weighted by Crippen LogP contribution is -1.95. The Bertz CT molecular complexity index is 456. The molecule has 3 heteroatoms. The third-order valence-corrected chi connectivity index (χ3v) is 3.70. The molecule has 1 aromatic carbocycles. The van der Waals surface area contributed by atoms with Crippen LogP contribution >= 0.6 is 31.9 Å². The maximum Gasteiger partial charge on any atom is 0.0450 e. The van der Waals surface area contributed by atoms with Crippen LogP contribution in [0.15, 0.2) is 53.3 Å². The first-order valence-corrected chi connectivity index (χ1v) is 6.75. The summed E-state index contributed by atoms with van der Waals surface area (Å²) >= 11 is 7.17. The zero-order valence-electron chi connectivity index (χ0n) is 8.61. The van der Waals surface area contributed by atoms with Crippen LogP contribution in [0, 0.1) is 0 Å². The lowest BCUT2D eigenvalue weighted by molar-refractivity contribution is 0.938. The van der Waals surface area contributed by atoms with Crippen LogP contribution in [0.3, 0.4) is 0 Å². The highest BCUT2D eigenvalue weighted by Crippen LogP contribution is 2.27. The van der Waals surface area contributed by atoms with E-state index in [1.807, 2.05) is 18.3 Å². The van der Waals surface area contributed by atoms with Crippen LogP contribution in [0.4, 0.5) is 0 Å². The highest BCUT2D eigenvalue weighted by molar-refractivity contribution is 9.10. The van der Waals surface area contributed by atoms with Gasteiger partial charge in [0, 0.05) is 21.7 Å². The van der Waals surface area contributed by atoms with Gasteiger partial charge >= 0.3 is 0 Å². The lowest BCUT2D eigenvalue weighted by Gasteiger charge is -2.09. The van der Waals surface area contributed by atoms with Crippen LogP contribution in [0.25, 0.3) is 0 Å². The van der Waals surface area contributed by atoms with E-state index in [1.165, 1.54) is 11.1 Å². The van der Waals surface area contributed by atoms with Crippen molar-refractivity contribution >= 4 is 31.9 Å². The van der Waals surface area contributed by atoms with Crippen LogP contribution in [0.1, 0.15) is 16.0 Å². The Hall–Kier alpha value is -0.670. The van der Waals surface area contributed by atoms with Crippen molar-refractivity contribution in [1.29, 1.82) is 0 Å². The summed E-state index contributed by atoms with van der Waals surface area (Å²) in [6.07, 6.45) is 4.66. The number of alkyl halides is 1. The molecule has 0 bridgehead atoms. The van der Waals surface area contributed by atoms with E-state index in [4.69, 9.17) is 0 Å². The van der Waals surface area contributed by atoms with Gasteiger partial charge in [0.25, 0.3) is 0 Å². The molecule has 1 atom stereocenters. The smallest absolute Gasteiger partial charge is 0.0450 e. The van der Waals surface area contributed by atoms with Crippen molar-refractivity contribution < 1.29 is 0 Å². The van der Waals surface area contributed by atoms with E-state index < -0.39 is 0 Å². The quantitative estimate of drug-likeness (QED) is 0.748. The molecular formula is C13H11Br2N. The van der Waals surface area contributed by atoms with E-state index in [-0.39, 0.29) is 0 Å². The average molecular weight is 341 g/mol. The predicted octanol–water partition coefficient (Wildman–Crippen LogP) is 4.52. The molecule has 1 aromatic heterocycles. The lowest BCUT2D eigenvalue weighted by atomic mass is 10.1. The first-order chi connectivity index (χ1) is 7.75. The van der Waals surface area contributed by atoms with E-state index in [9.17, 15) is 0 Å². The van der Waals surface area contributed by atoms with Crippen molar-refractivity contribution in [2.24, 2.45) is 0 Å². The molecule has 0 saturated carbocycles. The van der Waals surface area contributed by atoms with Crippen molar-refractivity contribution in [2.45, 2.75) is 11.2 Å². The Kier molecular flexibility index (Phi) is 4.13. The van der Waals surface area contributed by atoms with E-state index in [0.29, 0.717) is 4.83 Å². The number of aromatic nitrogens is 1. The summed E-state index contributed by atoms with van der Waals surface area (Å²) in [5.74, 6) is 0. The molecule has 0 saturated heterocycles. The molecule has 1 heterocycles. The largest absolute Gasteiger partial charge is 0.264 e. The number of halogens is 2. The van der Waals surface area contributed by atoms with Gasteiger partial charge in [-0.3, -0.25) is 4.98 Å². The molecule has 2 rings (SSSR count). The number of rotatable bonds is 3. The van der Waals surface area contributed by atoms with Crippen molar-refractivity contribution in [2.75, 3.05) is 0 Å². The number of pyridine rings is 1. The Morgan fingerprint density at radius 1 is 1.19 bits per heavy atom. The fourth-order valence-corrected chi connectivity index (χ4v) is 2.64. The van der Waals surface area contributed by atoms with Gasteiger partial charge in [0.15, 0.2) is 0 Å². The van der Waals surface area contributed by atoms with Gasteiger partial charge in [-0.05, 0) is 35.7 Å².